The number of hydrogen-bond donors (Lipinski definition) is 1. The van der Waals surface area contributed by atoms with E-state index in [9.17, 15) is 22.8 Å². The van der Waals surface area contributed by atoms with Gasteiger partial charge >= 0.3 is 6.18 Å². The summed E-state index contributed by atoms with van der Waals surface area (Å²) in [5.74, 6) is -0.261. The lowest BCUT2D eigenvalue weighted by atomic mass is 9.95. The third kappa shape index (κ3) is 4.33. The lowest BCUT2D eigenvalue weighted by Crippen LogP contribution is -2.49. The van der Waals surface area contributed by atoms with E-state index in [0.29, 0.717) is 44.5 Å². The Kier molecular flexibility index (Phi) is 6.04. The molecule has 0 radical (unpaired) electrons. The summed E-state index contributed by atoms with van der Waals surface area (Å²) in [5.41, 5.74) is -0.238. The molecular formula is C22H27F3N2O3. The molecule has 3 heterocycles. The zero-order valence-electron chi connectivity index (χ0n) is 16.8. The third-order valence-electron chi connectivity index (χ3n) is 6.56. The maximum absolute atomic E-state index is 13.5. The van der Waals surface area contributed by atoms with Crippen LogP contribution in [0.4, 0.5) is 13.2 Å². The van der Waals surface area contributed by atoms with Crippen LogP contribution in [-0.4, -0.2) is 42.0 Å². The largest absolute Gasteiger partial charge is 0.416 e. The quantitative estimate of drug-likeness (QED) is 0.785. The van der Waals surface area contributed by atoms with Crippen molar-refractivity contribution >= 4 is 11.8 Å². The highest BCUT2D eigenvalue weighted by molar-refractivity contribution is 5.81. The van der Waals surface area contributed by atoms with E-state index in [1.807, 2.05) is 0 Å². The molecule has 1 aromatic rings. The highest BCUT2D eigenvalue weighted by Gasteiger charge is 2.47. The smallest absolute Gasteiger partial charge is 0.381 e. The van der Waals surface area contributed by atoms with Gasteiger partial charge in [-0.05, 0) is 49.8 Å². The SMILES string of the molecule is O=C1CCCC[C@H]2[C@@H](C[C@@H](c3cccc(C(F)(F)F)c3)N2C(=O)C2CCOCC2)N1. The molecule has 1 N–H and O–H groups in total. The maximum atomic E-state index is 13.5. The van der Waals surface area contributed by atoms with Gasteiger partial charge in [0.05, 0.1) is 23.7 Å². The fraction of sp³-hybridized carbons (Fsp3) is 0.636. The first-order valence-corrected chi connectivity index (χ1v) is 10.7. The van der Waals surface area contributed by atoms with E-state index in [1.54, 1.807) is 11.0 Å². The van der Waals surface area contributed by atoms with Gasteiger partial charge < -0.3 is 15.0 Å². The molecule has 0 bridgehead atoms. The standard InChI is InChI=1S/C22H27F3N2O3/c23-22(24,25)16-5-3-4-15(12-16)19-13-17-18(6-1-2-7-20(28)26-17)27(19)21(29)14-8-10-30-11-9-14/h3-5,12,14,17-19H,1-2,6-11,13H2,(H,26,28)/t17-,18+,19+/m1/s1. The molecule has 0 saturated carbocycles. The number of ether oxygens (including phenoxy) is 1. The summed E-state index contributed by atoms with van der Waals surface area (Å²) >= 11 is 0. The van der Waals surface area contributed by atoms with E-state index in [-0.39, 0.29) is 29.8 Å². The predicted molar refractivity (Wildman–Crippen MR) is 103 cm³/mol. The van der Waals surface area contributed by atoms with Crippen molar-refractivity contribution in [3.05, 3.63) is 35.4 Å². The fourth-order valence-electron chi connectivity index (χ4n) is 5.04. The van der Waals surface area contributed by atoms with Gasteiger partial charge in [-0.2, -0.15) is 13.2 Å². The second-order valence-electron chi connectivity index (χ2n) is 8.49. The Morgan fingerprint density at radius 2 is 1.90 bits per heavy atom. The van der Waals surface area contributed by atoms with Crippen LogP contribution < -0.4 is 5.32 Å². The lowest BCUT2D eigenvalue weighted by Gasteiger charge is -2.36. The van der Waals surface area contributed by atoms with Crippen molar-refractivity contribution in [3.8, 4) is 0 Å². The van der Waals surface area contributed by atoms with Crippen LogP contribution in [0, 0.1) is 5.92 Å². The maximum Gasteiger partial charge on any atom is 0.416 e. The first kappa shape index (κ1) is 21.2. The average Bonchev–Trinajstić information content (AvgIpc) is 3.06. The summed E-state index contributed by atoms with van der Waals surface area (Å²) in [7, 11) is 0. The molecule has 5 nitrogen and oxygen atoms in total. The van der Waals surface area contributed by atoms with E-state index in [4.69, 9.17) is 4.74 Å². The summed E-state index contributed by atoms with van der Waals surface area (Å²) in [6.45, 7) is 1.03. The first-order chi connectivity index (χ1) is 14.3. The summed E-state index contributed by atoms with van der Waals surface area (Å²) < 4.78 is 45.3. The molecule has 3 aliphatic rings. The van der Waals surface area contributed by atoms with Gasteiger partial charge in [-0.3, -0.25) is 9.59 Å². The third-order valence-corrected chi connectivity index (χ3v) is 6.56. The first-order valence-electron chi connectivity index (χ1n) is 10.7. The molecule has 3 atom stereocenters. The molecule has 0 aliphatic carbocycles. The Bertz CT molecular complexity index is 792. The van der Waals surface area contributed by atoms with Gasteiger partial charge in [0.25, 0.3) is 0 Å². The van der Waals surface area contributed by atoms with Crippen molar-refractivity contribution in [2.75, 3.05) is 13.2 Å². The van der Waals surface area contributed by atoms with Crippen LogP contribution in [0.1, 0.15) is 62.1 Å². The van der Waals surface area contributed by atoms with Gasteiger partial charge in [0.1, 0.15) is 0 Å². The molecule has 3 aliphatic heterocycles. The van der Waals surface area contributed by atoms with Gasteiger partial charge in [0.15, 0.2) is 0 Å². The second kappa shape index (κ2) is 8.57. The summed E-state index contributed by atoms with van der Waals surface area (Å²) in [5, 5.41) is 3.03. The van der Waals surface area contributed by atoms with E-state index in [1.165, 1.54) is 6.07 Å². The molecule has 0 unspecified atom stereocenters. The number of rotatable bonds is 2. The molecule has 8 heteroatoms. The number of halogens is 3. The van der Waals surface area contributed by atoms with E-state index >= 15 is 0 Å². The Labute approximate surface area is 173 Å². The van der Waals surface area contributed by atoms with Crippen molar-refractivity contribution in [1.29, 1.82) is 0 Å². The number of nitrogens with zero attached hydrogens (tertiary/aromatic N) is 1. The Hall–Kier alpha value is -2.09. The van der Waals surface area contributed by atoms with Crippen LogP contribution in [0.3, 0.4) is 0 Å². The van der Waals surface area contributed by atoms with Crippen LogP contribution in [0.25, 0.3) is 0 Å². The molecule has 1 aromatic carbocycles. The lowest BCUT2D eigenvalue weighted by molar-refractivity contribution is -0.142. The van der Waals surface area contributed by atoms with Crippen molar-refractivity contribution in [2.45, 2.75) is 69.2 Å². The number of hydrogen-bond acceptors (Lipinski definition) is 3. The summed E-state index contributed by atoms with van der Waals surface area (Å²) in [4.78, 5) is 27.5. The van der Waals surface area contributed by atoms with Crippen molar-refractivity contribution in [2.24, 2.45) is 5.92 Å². The number of likely N-dealkylation sites (tertiary alicyclic amines) is 1. The molecule has 2 amide bonds. The highest BCUT2D eigenvalue weighted by atomic mass is 19.4. The minimum absolute atomic E-state index is 0.0250. The Morgan fingerprint density at radius 3 is 2.63 bits per heavy atom. The molecule has 3 fully saturated rings. The van der Waals surface area contributed by atoms with Crippen molar-refractivity contribution in [1.82, 2.24) is 10.2 Å². The van der Waals surface area contributed by atoms with E-state index in [0.717, 1.165) is 31.4 Å². The van der Waals surface area contributed by atoms with Gasteiger partial charge in [-0.15, -0.1) is 0 Å². The summed E-state index contributed by atoms with van der Waals surface area (Å²) in [6.07, 6.45) is 0.000309. The molecule has 0 aromatic heterocycles. The van der Waals surface area contributed by atoms with Crippen molar-refractivity contribution in [3.63, 3.8) is 0 Å². The second-order valence-corrected chi connectivity index (χ2v) is 8.49. The summed E-state index contributed by atoms with van der Waals surface area (Å²) in [6, 6.07) is 4.35. The van der Waals surface area contributed by atoms with Crippen LogP contribution in [0.2, 0.25) is 0 Å². The van der Waals surface area contributed by atoms with Crippen LogP contribution in [0.5, 0.6) is 0 Å². The van der Waals surface area contributed by atoms with Crippen molar-refractivity contribution < 1.29 is 27.5 Å². The molecular weight excluding hydrogens is 397 g/mol. The topological polar surface area (TPSA) is 58.6 Å². The van der Waals surface area contributed by atoms with Crippen LogP contribution >= 0.6 is 0 Å². The monoisotopic (exact) mass is 424 g/mol. The van der Waals surface area contributed by atoms with Gasteiger partial charge in [0, 0.05) is 25.6 Å². The molecule has 30 heavy (non-hydrogen) atoms. The predicted octanol–water partition coefficient (Wildman–Crippen LogP) is 3.83. The minimum Gasteiger partial charge on any atom is -0.381 e. The normalized spacial score (nSPS) is 28.4. The number of amides is 2. The molecule has 4 rings (SSSR count). The minimum atomic E-state index is -4.44. The Morgan fingerprint density at radius 1 is 1.13 bits per heavy atom. The highest BCUT2D eigenvalue weighted by Crippen LogP contribution is 2.42. The van der Waals surface area contributed by atoms with E-state index < -0.39 is 17.8 Å². The number of carbonyl (C=O) groups excluding carboxylic acids is 2. The zero-order valence-corrected chi connectivity index (χ0v) is 16.8. The van der Waals surface area contributed by atoms with E-state index in [2.05, 4.69) is 5.32 Å². The molecule has 164 valence electrons. The van der Waals surface area contributed by atoms with Gasteiger partial charge in [-0.25, -0.2) is 0 Å². The average molecular weight is 424 g/mol. The Balaban J connectivity index is 1.69. The van der Waals surface area contributed by atoms with Crippen LogP contribution in [-0.2, 0) is 20.5 Å². The van der Waals surface area contributed by atoms with Crippen LogP contribution in [0.15, 0.2) is 24.3 Å². The van der Waals surface area contributed by atoms with Gasteiger partial charge in [-0.1, -0.05) is 18.6 Å². The number of benzene rings is 1. The number of carbonyl (C=O) groups is 2. The molecule has 0 spiro atoms. The molecule has 3 saturated heterocycles. The number of fused-ring (bicyclic) bond motifs is 1. The number of nitrogens with one attached hydrogen (secondary N) is 1. The number of alkyl halides is 3. The van der Waals surface area contributed by atoms with Gasteiger partial charge in [0.2, 0.25) is 11.8 Å². The fourth-order valence-corrected chi connectivity index (χ4v) is 5.04. The zero-order chi connectivity index (χ0) is 21.3.